The van der Waals surface area contributed by atoms with Crippen molar-refractivity contribution in [3.05, 3.63) is 367 Å². The van der Waals surface area contributed by atoms with Gasteiger partial charge in [-0.3, -0.25) is 63.3 Å². The summed E-state index contributed by atoms with van der Waals surface area (Å²) in [6, 6.07) is 53.3. The molecule has 3 amide bonds. The summed E-state index contributed by atoms with van der Waals surface area (Å²) >= 11 is 65.0. The first-order valence-corrected chi connectivity index (χ1v) is 45.7. The van der Waals surface area contributed by atoms with E-state index in [1.165, 1.54) is 23.5 Å². The summed E-state index contributed by atoms with van der Waals surface area (Å²) < 4.78 is -1.96. The Morgan fingerprint density at radius 3 is 1.24 bits per heavy atom. The Kier molecular flexibility index (Phi) is 41.8. The summed E-state index contributed by atoms with van der Waals surface area (Å²) in [7, 11) is 3.64. The normalized spacial score (nSPS) is 11.1. The SMILES string of the molecule is CNC(=S)N(N)C(C)(C)C.CNc1c(-c2cccc(Cl)c2)c(-c2c[nH]c(C(=O)NCc3ccncc3)c2)nn1C(C)(C)C.NCc1ccncc1.O=C(Cc1cccc(Cl)c1)c1c[nH]c(C(=O)C(Cl)(Cl)Cl)c1.O=C(Cc1cccc(Cl)c1)c1c[nH]c(C(=O)NCc2ccncc2)c1.O=C(NCc1ccncc1)c1cc(C(=O)C(Br)c2cccc(Cl)c2)c[nH]1.O=C(c1ccc[nH]1)C(Cl)(Cl)Cl. The summed E-state index contributed by atoms with van der Waals surface area (Å²) in [6.45, 7) is 14.1. The van der Waals surface area contributed by atoms with Crippen molar-refractivity contribution in [1.29, 1.82) is 0 Å². The quantitative estimate of drug-likeness (QED) is 0.00879. The number of hydrogen-bond acceptors (Lipinski definition) is 17. The topological polar surface area (TPSA) is 400 Å². The lowest BCUT2D eigenvalue weighted by Crippen LogP contribution is -2.53. The van der Waals surface area contributed by atoms with Crippen LogP contribution in [-0.4, -0.2) is 139 Å². The highest BCUT2D eigenvalue weighted by atomic mass is 79.9. The fourth-order valence-electron chi connectivity index (χ4n) is 11.8. The number of halogens is 11. The molecule has 1 unspecified atom stereocenters. The van der Waals surface area contributed by atoms with Gasteiger partial charge in [-0.1, -0.05) is 180 Å². The Bertz CT molecular complexity index is 6240. The molecule has 0 saturated carbocycles. The predicted octanol–water partition coefficient (Wildman–Crippen LogP) is 21.3. The molecule has 10 aromatic heterocycles. The molecule has 39 heteroatoms. The summed E-state index contributed by atoms with van der Waals surface area (Å²) in [4.78, 5) is 126. The highest BCUT2D eigenvalue weighted by Gasteiger charge is 2.35. The standard InChI is InChI=1S/C25H27ClN6O.C19H15BrClN3O2.C19H16ClN3O2.C14H9Cl4NO2.C6H4Cl3NO.C6H15N3S.C6H8N2/c1-25(2,3)32-23(27-4)21(17-6-5-7-19(26)12-17)22(31-32)18-13-20(29-15-18)24(33)30-14-16-8-10-28-11-9-16;20-17(13-2-1-3-15(21)8-13)18(25)14-9-16(23-11-14)19(26)24-10-12-4-6-22-7-5-12;20-16-3-1-2-14(8-16)9-18(24)15-10-17(22-12-15)19(25)23-11-13-4-6-21-7-5-13;15-10-3-1-2-8(4-10)5-12(20)9-6-11(19-7-9)13(21)14(16,17)18;7-6(8,9)5(11)4-2-1-3-10-4;1-6(2,3)9(7)5(10)8-4;7-5-6-1-3-8-4-2-6/h5-13,15,27,29H,14H2,1-4H3,(H,30,33);1-9,11,17,23H,10H2,(H,24,26);1-8,10,12,22H,9,11H2,(H,23,25);1-4,6-7,19H,5H2;1-3,10H;7H2,1-4H3,(H,8,10);1-4H,5,7H2. The summed E-state index contributed by atoms with van der Waals surface area (Å²) in [5.74, 6) is 4.11. The molecule has 134 heavy (non-hydrogen) atoms. The number of carbonyl (C=O) groups excluding carboxylic acids is 8. The van der Waals surface area contributed by atoms with E-state index in [4.69, 9.17) is 145 Å². The number of nitrogens with zero attached hydrogens (tertiary/aromatic N) is 7. The number of hydrazine groups is 1. The zero-order chi connectivity index (χ0) is 98.0. The van der Waals surface area contributed by atoms with Gasteiger partial charge in [0.1, 0.15) is 33.4 Å². The zero-order valence-corrected chi connectivity index (χ0v) is 83.2. The molecule has 14 aromatic rings. The molecule has 0 aliphatic heterocycles. The van der Waals surface area contributed by atoms with Crippen LogP contribution in [0.1, 0.15) is 169 Å². The van der Waals surface area contributed by atoms with Crippen LogP contribution in [0.25, 0.3) is 22.4 Å². The van der Waals surface area contributed by atoms with Crippen molar-refractivity contribution in [1.82, 2.24) is 80.9 Å². The number of alkyl halides is 7. The average Bonchev–Trinajstić information content (AvgIpc) is 1.60. The van der Waals surface area contributed by atoms with Crippen LogP contribution in [0, 0.1) is 0 Å². The van der Waals surface area contributed by atoms with Crippen molar-refractivity contribution in [3.8, 4) is 22.4 Å². The number of Topliss-reactive ketones (excluding diaryl/α,β-unsaturated/α-hetero) is 5. The first kappa shape index (κ1) is 108. The molecule has 27 nitrogen and oxygen atoms in total. The Morgan fingerprint density at radius 1 is 0.455 bits per heavy atom. The number of ketones is 5. The van der Waals surface area contributed by atoms with Crippen LogP contribution in [0.2, 0.25) is 20.1 Å². The van der Waals surface area contributed by atoms with E-state index in [0.717, 1.165) is 67.1 Å². The van der Waals surface area contributed by atoms with Gasteiger partial charge in [0, 0.05) is 182 Å². The van der Waals surface area contributed by atoms with Gasteiger partial charge in [0.15, 0.2) is 22.5 Å². The maximum Gasteiger partial charge on any atom is 0.267 e. The van der Waals surface area contributed by atoms with Gasteiger partial charge in [-0.15, -0.1) is 0 Å². The van der Waals surface area contributed by atoms with Gasteiger partial charge in [-0.25, -0.2) is 10.5 Å². The smallest absolute Gasteiger partial charge is 0.267 e. The minimum Gasteiger partial charge on any atom is -0.373 e. The molecule has 0 aliphatic rings. The van der Waals surface area contributed by atoms with Crippen LogP contribution in [0.5, 0.6) is 0 Å². The summed E-state index contributed by atoms with van der Waals surface area (Å²) in [6.07, 6.45) is 21.8. The Hall–Kier alpha value is -11.4. The largest absolute Gasteiger partial charge is 0.373 e. The van der Waals surface area contributed by atoms with Gasteiger partial charge in [-0.05, 0) is 232 Å². The second-order valence-corrected chi connectivity index (χ2v) is 38.5. The van der Waals surface area contributed by atoms with Crippen molar-refractivity contribution in [2.45, 2.75) is 104 Å². The van der Waals surface area contributed by atoms with Crippen molar-refractivity contribution in [3.63, 3.8) is 0 Å². The van der Waals surface area contributed by atoms with E-state index in [-0.39, 0.29) is 64.7 Å². The van der Waals surface area contributed by atoms with Gasteiger partial charge >= 0.3 is 0 Å². The number of nitrogens with two attached hydrogens (primary N) is 2. The van der Waals surface area contributed by atoms with Crippen LogP contribution in [-0.2, 0) is 44.6 Å². The minimum absolute atomic E-state index is 0.0736. The molecule has 0 bridgehead atoms. The minimum atomic E-state index is -2.06. The summed E-state index contributed by atoms with van der Waals surface area (Å²) in [5, 5.41) is 24.0. The number of rotatable bonds is 24. The maximum atomic E-state index is 12.7. The third-order valence-corrected chi connectivity index (χ3v) is 22.1. The molecule has 0 saturated heterocycles. The van der Waals surface area contributed by atoms with E-state index in [9.17, 15) is 38.4 Å². The lowest BCUT2D eigenvalue weighted by Gasteiger charge is -2.32. The number of carbonyl (C=O) groups is 8. The first-order valence-electron chi connectivity index (χ1n) is 40.6. The second kappa shape index (κ2) is 51.9. The van der Waals surface area contributed by atoms with Gasteiger partial charge < -0.3 is 57.2 Å². The molecule has 1 atom stereocenters. The number of thiocarbonyl (C=S) groups is 1. The monoisotopic (exact) mass is 2090 g/mol. The van der Waals surface area contributed by atoms with E-state index in [2.05, 4.69) is 108 Å². The number of aromatic nitrogens is 11. The molecular formula is C95H94BrCl10N19O8S. The highest BCUT2D eigenvalue weighted by molar-refractivity contribution is 9.09. The fourth-order valence-corrected chi connectivity index (χ4v) is 14.1. The van der Waals surface area contributed by atoms with Crippen LogP contribution < -0.4 is 38.2 Å². The fraction of sp³-hybridized carbons (Fsp3) is 0.200. The molecule has 10 heterocycles. The zero-order valence-electron chi connectivity index (χ0n) is 73.3. The molecule has 4 aromatic carbocycles. The predicted molar refractivity (Wildman–Crippen MR) is 542 cm³/mol. The van der Waals surface area contributed by atoms with Crippen LogP contribution >= 0.6 is 144 Å². The van der Waals surface area contributed by atoms with E-state index in [1.54, 1.807) is 154 Å². The van der Waals surface area contributed by atoms with E-state index in [0.29, 0.717) is 90.8 Å². The second-order valence-electron chi connectivity index (χ2n) is 30.9. The van der Waals surface area contributed by atoms with E-state index < -0.39 is 24.0 Å². The number of pyridine rings is 4. The van der Waals surface area contributed by atoms with Crippen molar-refractivity contribution >= 4 is 202 Å². The third kappa shape index (κ3) is 34.2. The van der Waals surface area contributed by atoms with Crippen molar-refractivity contribution < 1.29 is 38.4 Å². The Labute approximate surface area is 838 Å². The molecule has 14 rings (SSSR count). The molecular weight excluding hydrogens is 2000 g/mol. The van der Waals surface area contributed by atoms with E-state index >= 15 is 0 Å². The first-order chi connectivity index (χ1) is 63.5. The molecule has 0 radical (unpaired) electrons. The van der Waals surface area contributed by atoms with Crippen LogP contribution in [0.15, 0.2) is 263 Å². The number of amides is 3. The van der Waals surface area contributed by atoms with Crippen molar-refractivity contribution in [2.24, 2.45) is 11.6 Å². The Balaban J connectivity index is 0.000000201. The van der Waals surface area contributed by atoms with Crippen LogP contribution in [0.3, 0.4) is 0 Å². The molecule has 14 N–H and O–H groups in total. The Morgan fingerprint density at radius 2 is 0.851 bits per heavy atom. The number of H-pyrrole nitrogens is 5. The van der Waals surface area contributed by atoms with Gasteiger partial charge in [0.25, 0.3) is 25.3 Å². The van der Waals surface area contributed by atoms with E-state index in [1.807, 2.05) is 130 Å². The van der Waals surface area contributed by atoms with Gasteiger partial charge in [-0.2, -0.15) is 5.10 Å². The molecule has 0 fully saturated rings. The van der Waals surface area contributed by atoms with Gasteiger partial charge in [0.2, 0.25) is 11.6 Å². The highest BCUT2D eigenvalue weighted by Crippen LogP contribution is 2.42. The third-order valence-electron chi connectivity index (χ3n) is 18.8. The maximum absolute atomic E-state index is 12.7. The number of aromatic amines is 5. The van der Waals surface area contributed by atoms with Crippen LogP contribution in [0.4, 0.5) is 5.82 Å². The number of hydrogen-bond donors (Lipinski definition) is 12. The van der Waals surface area contributed by atoms with Gasteiger partial charge in [0.05, 0.1) is 22.5 Å². The lowest BCUT2D eigenvalue weighted by molar-refractivity contribution is 0.0938. The number of nitrogens with one attached hydrogen (secondary N) is 10. The van der Waals surface area contributed by atoms with Crippen molar-refractivity contribution in [2.75, 3.05) is 19.4 Å². The lowest BCUT2D eigenvalue weighted by atomic mass is 10.0. The molecule has 700 valence electrons. The number of anilines is 1. The summed E-state index contributed by atoms with van der Waals surface area (Å²) in [5.41, 5.74) is 17.5. The number of benzene rings is 4. The average molecular weight is 2100 g/mol. The molecule has 0 aliphatic carbocycles. The molecule has 0 spiro atoms.